The average molecular weight is 425 g/mol. The van der Waals surface area contributed by atoms with Crippen molar-refractivity contribution in [2.24, 2.45) is 0 Å². The summed E-state index contributed by atoms with van der Waals surface area (Å²) in [5.41, 5.74) is 12.4. The first-order valence-corrected chi connectivity index (χ1v) is 9.06. The van der Waals surface area contributed by atoms with Gasteiger partial charge in [0.05, 0.1) is 6.54 Å². The molecule has 0 aliphatic carbocycles. The number of nitrogens with zero attached hydrogens (tertiary/aromatic N) is 5. The van der Waals surface area contributed by atoms with E-state index < -0.39 is 17.7 Å². The smallest absolute Gasteiger partial charge is 0.411 e. The molecule has 0 aliphatic rings. The summed E-state index contributed by atoms with van der Waals surface area (Å²) >= 11 is 0. The van der Waals surface area contributed by atoms with Gasteiger partial charge in [-0.25, -0.2) is 23.5 Å². The second kappa shape index (κ2) is 7.52. The molecule has 0 spiro atoms. The van der Waals surface area contributed by atoms with Crippen LogP contribution in [0.4, 0.5) is 30.9 Å². The normalized spacial score (nSPS) is 11.1. The SMILES string of the molecule is CN(C(=O)O)c1c(N)nc(-c2nn(Cc3ccccc3F)c3c(F)cccc23)nc1N. The van der Waals surface area contributed by atoms with E-state index in [-0.39, 0.29) is 40.9 Å². The summed E-state index contributed by atoms with van der Waals surface area (Å²) in [4.78, 5) is 20.3. The molecule has 158 valence electrons. The Morgan fingerprint density at radius 3 is 2.35 bits per heavy atom. The predicted molar refractivity (Wildman–Crippen MR) is 111 cm³/mol. The van der Waals surface area contributed by atoms with Crippen molar-refractivity contribution in [1.82, 2.24) is 19.7 Å². The van der Waals surface area contributed by atoms with Crippen LogP contribution in [-0.4, -0.2) is 38.0 Å². The molecule has 0 unspecified atom stereocenters. The van der Waals surface area contributed by atoms with Gasteiger partial charge in [-0.05, 0) is 12.1 Å². The maximum Gasteiger partial charge on any atom is 0.411 e. The van der Waals surface area contributed by atoms with Gasteiger partial charge in [-0.2, -0.15) is 5.10 Å². The number of carboxylic acid groups (broad SMARTS) is 1. The van der Waals surface area contributed by atoms with Gasteiger partial charge in [0.25, 0.3) is 0 Å². The number of amides is 1. The Kier molecular flexibility index (Phi) is 4.85. The van der Waals surface area contributed by atoms with E-state index in [4.69, 9.17) is 11.5 Å². The van der Waals surface area contributed by atoms with Crippen LogP contribution in [0.15, 0.2) is 42.5 Å². The zero-order valence-corrected chi connectivity index (χ0v) is 16.3. The van der Waals surface area contributed by atoms with Gasteiger partial charge in [0.15, 0.2) is 17.5 Å². The Bertz CT molecular complexity index is 1300. The molecule has 4 aromatic rings. The lowest BCUT2D eigenvalue weighted by atomic mass is 10.2. The number of fused-ring (bicyclic) bond motifs is 1. The van der Waals surface area contributed by atoms with Gasteiger partial charge in [-0.1, -0.05) is 30.3 Å². The van der Waals surface area contributed by atoms with Crippen molar-refractivity contribution in [3.8, 4) is 11.5 Å². The van der Waals surface area contributed by atoms with Crippen LogP contribution in [-0.2, 0) is 6.54 Å². The van der Waals surface area contributed by atoms with Crippen molar-refractivity contribution in [2.45, 2.75) is 6.54 Å². The molecule has 2 heterocycles. The molecule has 4 rings (SSSR count). The highest BCUT2D eigenvalue weighted by molar-refractivity contribution is 5.96. The third-order valence-electron chi connectivity index (χ3n) is 4.77. The number of hydrogen-bond acceptors (Lipinski definition) is 6. The number of carbonyl (C=O) groups is 1. The number of nitrogen functional groups attached to an aromatic ring is 2. The summed E-state index contributed by atoms with van der Waals surface area (Å²) in [6.07, 6.45) is -1.29. The van der Waals surface area contributed by atoms with Crippen molar-refractivity contribution < 1.29 is 18.7 Å². The molecule has 31 heavy (non-hydrogen) atoms. The van der Waals surface area contributed by atoms with Crippen molar-refractivity contribution >= 4 is 34.3 Å². The first-order chi connectivity index (χ1) is 14.8. The maximum atomic E-state index is 14.7. The number of hydrogen-bond donors (Lipinski definition) is 3. The first kappa shape index (κ1) is 20.0. The molecule has 0 atom stereocenters. The molecule has 11 heteroatoms. The Balaban J connectivity index is 1.89. The van der Waals surface area contributed by atoms with Crippen LogP contribution in [0, 0.1) is 11.6 Å². The fourth-order valence-electron chi connectivity index (χ4n) is 3.30. The number of para-hydroxylation sites is 1. The summed E-state index contributed by atoms with van der Waals surface area (Å²) in [5, 5.41) is 13.9. The predicted octanol–water partition coefficient (Wildman–Crippen LogP) is 3.10. The molecule has 2 aromatic carbocycles. The van der Waals surface area contributed by atoms with Crippen molar-refractivity contribution in [2.75, 3.05) is 23.4 Å². The van der Waals surface area contributed by atoms with Crippen molar-refractivity contribution in [3.63, 3.8) is 0 Å². The van der Waals surface area contributed by atoms with Gasteiger partial charge < -0.3 is 16.6 Å². The first-order valence-electron chi connectivity index (χ1n) is 9.06. The number of aromatic nitrogens is 4. The number of benzene rings is 2. The molecular weight excluding hydrogens is 408 g/mol. The van der Waals surface area contributed by atoms with Gasteiger partial charge in [0, 0.05) is 18.0 Å². The van der Waals surface area contributed by atoms with Crippen LogP contribution in [0.25, 0.3) is 22.4 Å². The van der Waals surface area contributed by atoms with Gasteiger partial charge >= 0.3 is 6.09 Å². The molecule has 1 amide bonds. The lowest BCUT2D eigenvalue weighted by molar-refractivity contribution is 0.203. The summed E-state index contributed by atoms with van der Waals surface area (Å²) < 4.78 is 30.1. The van der Waals surface area contributed by atoms with E-state index in [0.29, 0.717) is 10.9 Å². The molecule has 0 aliphatic heterocycles. The monoisotopic (exact) mass is 425 g/mol. The molecule has 0 radical (unpaired) electrons. The standard InChI is InChI=1S/C20H17F2N7O2/c1-28(20(30)31)16-17(23)25-19(26-18(16)24)14-11-6-4-8-13(22)15(11)29(27-14)9-10-5-2-3-7-12(10)21/h2-8H,9H2,1H3,(H,30,31)(H4,23,24,25,26). The third-order valence-corrected chi connectivity index (χ3v) is 4.77. The quantitative estimate of drug-likeness (QED) is 0.457. The van der Waals surface area contributed by atoms with Crippen molar-refractivity contribution in [1.29, 1.82) is 0 Å². The molecule has 5 N–H and O–H groups in total. The van der Waals surface area contributed by atoms with Crippen LogP contribution in [0.2, 0.25) is 0 Å². The van der Waals surface area contributed by atoms with E-state index in [2.05, 4.69) is 15.1 Å². The van der Waals surface area contributed by atoms with Gasteiger partial charge in [0.2, 0.25) is 0 Å². The van der Waals surface area contributed by atoms with Crippen LogP contribution >= 0.6 is 0 Å². The van der Waals surface area contributed by atoms with Gasteiger partial charge in [-0.3, -0.25) is 9.58 Å². The van der Waals surface area contributed by atoms with Crippen molar-refractivity contribution in [3.05, 3.63) is 59.7 Å². The number of anilines is 3. The summed E-state index contributed by atoms with van der Waals surface area (Å²) in [6.45, 7) is -0.0328. The molecule has 0 fully saturated rings. The van der Waals surface area contributed by atoms with Crippen LogP contribution in [0.3, 0.4) is 0 Å². The van der Waals surface area contributed by atoms with E-state index in [9.17, 15) is 18.7 Å². The maximum absolute atomic E-state index is 14.7. The Hall–Kier alpha value is -4.28. The Morgan fingerprint density at radius 2 is 1.71 bits per heavy atom. The molecule has 9 nitrogen and oxygen atoms in total. The van der Waals surface area contributed by atoms with E-state index in [1.165, 1.54) is 29.9 Å². The minimum Gasteiger partial charge on any atom is -0.465 e. The Morgan fingerprint density at radius 1 is 1.06 bits per heavy atom. The fraction of sp³-hybridized carbons (Fsp3) is 0.100. The fourth-order valence-corrected chi connectivity index (χ4v) is 3.30. The molecule has 0 bridgehead atoms. The number of halogens is 2. The highest BCUT2D eigenvalue weighted by Crippen LogP contribution is 2.33. The molecular formula is C20H17F2N7O2. The van der Waals surface area contributed by atoms with Gasteiger partial charge in [-0.15, -0.1) is 0 Å². The average Bonchev–Trinajstić information content (AvgIpc) is 3.09. The third kappa shape index (κ3) is 3.45. The summed E-state index contributed by atoms with van der Waals surface area (Å²) in [5.74, 6) is -1.38. The van der Waals surface area contributed by atoms with E-state index in [1.807, 2.05) is 0 Å². The molecule has 0 saturated carbocycles. The second-order valence-electron chi connectivity index (χ2n) is 6.74. The molecule has 0 saturated heterocycles. The van der Waals surface area contributed by atoms with Crippen LogP contribution in [0.5, 0.6) is 0 Å². The zero-order chi connectivity index (χ0) is 22.3. The van der Waals surface area contributed by atoms with Crippen LogP contribution < -0.4 is 16.4 Å². The lowest BCUT2D eigenvalue weighted by Crippen LogP contribution is -2.26. The molecule has 2 aromatic heterocycles. The van der Waals surface area contributed by atoms with Gasteiger partial charge in [0.1, 0.15) is 28.5 Å². The van der Waals surface area contributed by atoms with E-state index >= 15 is 0 Å². The minimum absolute atomic E-state index is 0.0135. The zero-order valence-electron chi connectivity index (χ0n) is 16.3. The van der Waals surface area contributed by atoms with E-state index in [1.54, 1.807) is 24.3 Å². The number of nitrogens with two attached hydrogens (primary N) is 2. The lowest BCUT2D eigenvalue weighted by Gasteiger charge is -2.16. The van der Waals surface area contributed by atoms with Crippen LogP contribution in [0.1, 0.15) is 5.56 Å². The largest absolute Gasteiger partial charge is 0.465 e. The topological polar surface area (TPSA) is 136 Å². The Labute approximate surface area is 174 Å². The second-order valence-corrected chi connectivity index (χ2v) is 6.74. The summed E-state index contributed by atoms with van der Waals surface area (Å²) in [7, 11) is 1.25. The highest BCUT2D eigenvalue weighted by Gasteiger charge is 2.23. The van der Waals surface area contributed by atoms with E-state index in [0.717, 1.165) is 4.90 Å². The number of rotatable bonds is 4. The summed E-state index contributed by atoms with van der Waals surface area (Å²) in [6, 6.07) is 10.5. The minimum atomic E-state index is -1.29. The highest BCUT2D eigenvalue weighted by atomic mass is 19.1.